The van der Waals surface area contributed by atoms with Crippen molar-refractivity contribution in [3.8, 4) is 0 Å². The average Bonchev–Trinajstić information content (AvgIpc) is 2.47. The summed E-state index contributed by atoms with van der Waals surface area (Å²) in [6.45, 7) is 2.29. The normalized spacial score (nSPS) is 9.95. The minimum atomic E-state index is -1.11. The molecule has 2 aromatic rings. The predicted octanol–water partition coefficient (Wildman–Crippen LogP) is 1.80. The third-order valence-corrected chi connectivity index (χ3v) is 2.82. The Kier molecular flexibility index (Phi) is 4.45. The number of carbonyl (C=O) groups is 2. The van der Waals surface area contributed by atoms with Crippen LogP contribution in [0.15, 0.2) is 36.8 Å². The van der Waals surface area contributed by atoms with Gasteiger partial charge in [0.05, 0.1) is 11.9 Å². The summed E-state index contributed by atoms with van der Waals surface area (Å²) >= 11 is 0. The van der Waals surface area contributed by atoms with Gasteiger partial charge in [-0.1, -0.05) is 0 Å². The van der Waals surface area contributed by atoms with E-state index in [9.17, 15) is 9.59 Å². The topological polar surface area (TPSA) is 104 Å². The van der Waals surface area contributed by atoms with Crippen LogP contribution < -0.4 is 10.6 Å². The van der Waals surface area contributed by atoms with Crippen molar-refractivity contribution in [2.45, 2.75) is 13.5 Å². The molecule has 0 spiro atoms. The van der Waals surface area contributed by atoms with Gasteiger partial charge in [-0.3, -0.25) is 4.98 Å². The highest BCUT2D eigenvalue weighted by atomic mass is 16.4. The molecule has 0 aliphatic carbocycles. The second-order valence-corrected chi connectivity index (χ2v) is 4.35. The van der Waals surface area contributed by atoms with Crippen molar-refractivity contribution in [2.24, 2.45) is 0 Å². The van der Waals surface area contributed by atoms with E-state index in [0.717, 1.165) is 11.1 Å². The van der Waals surface area contributed by atoms with E-state index in [1.807, 2.05) is 13.0 Å². The van der Waals surface area contributed by atoms with Gasteiger partial charge in [-0.2, -0.15) is 0 Å². The molecule has 7 nitrogen and oxygen atoms in total. The van der Waals surface area contributed by atoms with Crippen LogP contribution in [-0.2, 0) is 6.54 Å². The average molecular weight is 286 g/mol. The van der Waals surface area contributed by atoms with Crippen LogP contribution in [0.5, 0.6) is 0 Å². The van der Waals surface area contributed by atoms with Crippen LogP contribution in [0.1, 0.15) is 21.6 Å². The van der Waals surface area contributed by atoms with E-state index in [1.54, 1.807) is 12.4 Å². The molecule has 0 aliphatic rings. The van der Waals surface area contributed by atoms with E-state index in [4.69, 9.17) is 5.11 Å². The standard InChI is InChI=1S/C14H14N4O3/c1-9-6-15-5-4-10(9)7-17-14(21)18-11-2-3-12(13(19)20)16-8-11/h2-6,8H,7H2,1H3,(H,19,20)(H2,17,18,21). The minimum Gasteiger partial charge on any atom is -0.477 e. The summed E-state index contributed by atoms with van der Waals surface area (Å²) in [5, 5.41) is 14.0. The molecule has 0 unspecified atom stereocenters. The Labute approximate surface area is 121 Å². The van der Waals surface area contributed by atoms with Crippen molar-refractivity contribution < 1.29 is 14.7 Å². The fraction of sp³-hybridized carbons (Fsp3) is 0.143. The van der Waals surface area contributed by atoms with Gasteiger partial charge in [-0.15, -0.1) is 0 Å². The molecule has 0 fully saturated rings. The molecule has 2 heterocycles. The number of carboxylic acid groups (broad SMARTS) is 1. The molecule has 0 saturated heterocycles. The highest BCUT2D eigenvalue weighted by molar-refractivity contribution is 5.90. The Morgan fingerprint density at radius 2 is 2.05 bits per heavy atom. The van der Waals surface area contributed by atoms with E-state index < -0.39 is 12.0 Å². The van der Waals surface area contributed by atoms with Crippen LogP contribution in [-0.4, -0.2) is 27.1 Å². The maximum atomic E-state index is 11.7. The monoisotopic (exact) mass is 286 g/mol. The number of rotatable bonds is 4. The van der Waals surface area contributed by atoms with Crippen LogP contribution in [0.2, 0.25) is 0 Å². The SMILES string of the molecule is Cc1cnccc1CNC(=O)Nc1ccc(C(=O)O)nc1. The molecule has 0 aliphatic heterocycles. The summed E-state index contributed by atoms with van der Waals surface area (Å²) < 4.78 is 0. The molecule has 0 saturated carbocycles. The predicted molar refractivity (Wildman–Crippen MR) is 76.0 cm³/mol. The zero-order chi connectivity index (χ0) is 15.2. The van der Waals surface area contributed by atoms with Gasteiger partial charge in [0.1, 0.15) is 5.69 Å². The number of nitrogens with zero attached hydrogens (tertiary/aromatic N) is 2. The van der Waals surface area contributed by atoms with Crippen molar-refractivity contribution in [3.05, 3.63) is 53.6 Å². The fourth-order valence-corrected chi connectivity index (χ4v) is 1.65. The van der Waals surface area contributed by atoms with Crippen LogP contribution >= 0.6 is 0 Å². The molecule has 0 aromatic carbocycles. The molecule has 2 amide bonds. The van der Waals surface area contributed by atoms with Crippen molar-refractivity contribution in [2.75, 3.05) is 5.32 Å². The fourth-order valence-electron chi connectivity index (χ4n) is 1.65. The number of hydrogen-bond acceptors (Lipinski definition) is 4. The Bertz CT molecular complexity index is 656. The summed E-state index contributed by atoms with van der Waals surface area (Å²) in [4.78, 5) is 30.1. The Morgan fingerprint density at radius 3 is 2.67 bits per heavy atom. The largest absolute Gasteiger partial charge is 0.477 e. The summed E-state index contributed by atoms with van der Waals surface area (Å²) in [6, 6.07) is 4.24. The summed E-state index contributed by atoms with van der Waals surface area (Å²) in [7, 11) is 0. The summed E-state index contributed by atoms with van der Waals surface area (Å²) in [5.74, 6) is -1.11. The minimum absolute atomic E-state index is 0.0756. The molecular weight excluding hydrogens is 272 g/mol. The lowest BCUT2D eigenvalue weighted by Gasteiger charge is -2.09. The van der Waals surface area contributed by atoms with Gasteiger partial charge in [0.15, 0.2) is 0 Å². The molecule has 3 N–H and O–H groups in total. The highest BCUT2D eigenvalue weighted by Crippen LogP contribution is 2.07. The van der Waals surface area contributed by atoms with Crippen LogP contribution in [0.4, 0.5) is 10.5 Å². The summed E-state index contributed by atoms with van der Waals surface area (Å²) in [6.07, 6.45) is 4.68. The molecule has 108 valence electrons. The van der Waals surface area contributed by atoms with Gasteiger partial charge < -0.3 is 15.7 Å². The number of amides is 2. The molecule has 21 heavy (non-hydrogen) atoms. The first-order valence-electron chi connectivity index (χ1n) is 6.20. The zero-order valence-corrected chi connectivity index (χ0v) is 11.3. The lowest BCUT2D eigenvalue weighted by atomic mass is 10.1. The van der Waals surface area contributed by atoms with E-state index in [0.29, 0.717) is 12.2 Å². The van der Waals surface area contributed by atoms with Crippen LogP contribution in [0.25, 0.3) is 0 Å². The Morgan fingerprint density at radius 1 is 1.24 bits per heavy atom. The number of aromatic nitrogens is 2. The number of aromatic carboxylic acids is 1. The third kappa shape index (κ3) is 4.00. The Hall–Kier alpha value is -2.96. The van der Waals surface area contributed by atoms with Gasteiger partial charge in [0.25, 0.3) is 0 Å². The van der Waals surface area contributed by atoms with E-state index in [2.05, 4.69) is 20.6 Å². The quantitative estimate of drug-likeness (QED) is 0.795. The first-order valence-corrected chi connectivity index (χ1v) is 6.20. The number of hydrogen-bond donors (Lipinski definition) is 3. The van der Waals surface area contributed by atoms with E-state index >= 15 is 0 Å². The number of carbonyl (C=O) groups excluding carboxylic acids is 1. The van der Waals surface area contributed by atoms with Crippen LogP contribution in [0.3, 0.4) is 0 Å². The van der Waals surface area contributed by atoms with Crippen molar-refractivity contribution in [1.29, 1.82) is 0 Å². The van der Waals surface area contributed by atoms with E-state index in [1.165, 1.54) is 18.3 Å². The van der Waals surface area contributed by atoms with Gasteiger partial charge >= 0.3 is 12.0 Å². The first-order chi connectivity index (χ1) is 10.1. The molecular formula is C14H14N4O3. The number of anilines is 1. The number of aryl methyl sites for hydroxylation is 1. The lowest BCUT2D eigenvalue weighted by molar-refractivity contribution is 0.0690. The van der Waals surface area contributed by atoms with Gasteiger partial charge in [0.2, 0.25) is 0 Å². The third-order valence-electron chi connectivity index (χ3n) is 2.82. The number of urea groups is 1. The van der Waals surface area contributed by atoms with Crippen molar-refractivity contribution in [3.63, 3.8) is 0 Å². The Balaban J connectivity index is 1.90. The number of nitrogens with one attached hydrogen (secondary N) is 2. The second-order valence-electron chi connectivity index (χ2n) is 4.35. The van der Waals surface area contributed by atoms with E-state index in [-0.39, 0.29) is 5.69 Å². The molecule has 0 radical (unpaired) electrons. The molecule has 2 rings (SSSR count). The van der Waals surface area contributed by atoms with Gasteiger partial charge in [-0.05, 0) is 36.2 Å². The lowest BCUT2D eigenvalue weighted by Crippen LogP contribution is -2.28. The maximum Gasteiger partial charge on any atom is 0.354 e. The maximum absolute atomic E-state index is 11.7. The molecule has 7 heteroatoms. The zero-order valence-electron chi connectivity index (χ0n) is 11.3. The molecule has 2 aromatic heterocycles. The smallest absolute Gasteiger partial charge is 0.354 e. The second kappa shape index (κ2) is 6.47. The summed E-state index contributed by atoms with van der Waals surface area (Å²) in [5.41, 5.74) is 2.31. The number of pyridine rings is 2. The van der Waals surface area contributed by atoms with Crippen molar-refractivity contribution >= 4 is 17.7 Å². The molecule has 0 atom stereocenters. The van der Waals surface area contributed by atoms with Gasteiger partial charge in [-0.25, -0.2) is 14.6 Å². The number of carboxylic acids is 1. The van der Waals surface area contributed by atoms with Crippen molar-refractivity contribution in [1.82, 2.24) is 15.3 Å². The molecule has 0 bridgehead atoms. The first kappa shape index (κ1) is 14.4. The highest BCUT2D eigenvalue weighted by Gasteiger charge is 2.06. The van der Waals surface area contributed by atoms with Gasteiger partial charge in [0, 0.05) is 18.9 Å². The van der Waals surface area contributed by atoms with Crippen LogP contribution in [0, 0.1) is 6.92 Å².